The maximum Gasteiger partial charge on any atom is 0.0654 e. The maximum atomic E-state index is 6.54. The zero-order valence-electron chi connectivity index (χ0n) is 17.0. The molecular weight excluding hydrogens is 427 g/mol. The number of piperidine rings is 1. The third-order valence-electron chi connectivity index (χ3n) is 5.28. The van der Waals surface area contributed by atoms with Gasteiger partial charge in [0.05, 0.1) is 22.9 Å². The van der Waals surface area contributed by atoms with E-state index in [1.807, 2.05) is 30.3 Å². The first-order valence-electron chi connectivity index (χ1n) is 10.3. The lowest BCUT2D eigenvalue weighted by molar-refractivity contribution is 0.0765. The molecular formula is C23H29Cl3N2O. The van der Waals surface area contributed by atoms with Crippen LogP contribution in [0.3, 0.4) is 0 Å². The summed E-state index contributed by atoms with van der Waals surface area (Å²) < 4.78 is 5.64. The monoisotopic (exact) mass is 454 g/mol. The second-order valence-electron chi connectivity index (χ2n) is 7.81. The van der Waals surface area contributed by atoms with Gasteiger partial charge in [-0.05, 0) is 75.5 Å². The van der Waals surface area contributed by atoms with E-state index >= 15 is 0 Å². The van der Waals surface area contributed by atoms with Gasteiger partial charge in [0.1, 0.15) is 0 Å². The van der Waals surface area contributed by atoms with Crippen molar-refractivity contribution in [2.24, 2.45) is 0 Å². The van der Waals surface area contributed by atoms with E-state index in [4.69, 9.17) is 39.5 Å². The summed E-state index contributed by atoms with van der Waals surface area (Å²) in [5, 5.41) is 5.81. The summed E-state index contributed by atoms with van der Waals surface area (Å²) in [5.74, 6) is 0. The summed E-state index contributed by atoms with van der Waals surface area (Å²) in [7, 11) is 0. The Morgan fingerprint density at radius 3 is 2.48 bits per heavy atom. The molecule has 1 saturated heterocycles. The maximum absolute atomic E-state index is 6.54. The number of anilines is 1. The van der Waals surface area contributed by atoms with Gasteiger partial charge < -0.3 is 15.0 Å². The van der Waals surface area contributed by atoms with Crippen LogP contribution >= 0.6 is 34.8 Å². The minimum absolute atomic E-state index is 0.226. The fraction of sp³-hybridized carbons (Fsp3) is 0.478. The predicted molar refractivity (Wildman–Crippen MR) is 125 cm³/mol. The van der Waals surface area contributed by atoms with Crippen LogP contribution in [0.2, 0.25) is 15.1 Å². The highest BCUT2D eigenvalue weighted by atomic mass is 35.5. The molecule has 0 saturated carbocycles. The molecule has 3 rings (SSSR count). The highest BCUT2D eigenvalue weighted by Gasteiger charge is 2.30. The Hall–Kier alpha value is -0.970. The fourth-order valence-electron chi connectivity index (χ4n) is 3.85. The van der Waals surface area contributed by atoms with E-state index in [-0.39, 0.29) is 12.1 Å². The minimum Gasteiger partial charge on any atom is -0.379 e. The van der Waals surface area contributed by atoms with Crippen LogP contribution in [0.25, 0.3) is 0 Å². The van der Waals surface area contributed by atoms with Gasteiger partial charge in [-0.2, -0.15) is 0 Å². The summed E-state index contributed by atoms with van der Waals surface area (Å²) in [6.07, 6.45) is 3.38. The molecule has 2 atom stereocenters. The van der Waals surface area contributed by atoms with Crippen LogP contribution in [0.4, 0.5) is 5.69 Å². The first-order chi connectivity index (χ1) is 13.9. The zero-order valence-corrected chi connectivity index (χ0v) is 19.3. The molecule has 1 aliphatic rings. The van der Waals surface area contributed by atoms with Crippen molar-refractivity contribution in [2.75, 3.05) is 24.6 Å². The van der Waals surface area contributed by atoms with E-state index in [0.717, 1.165) is 49.7 Å². The number of nitrogens with zero attached hydrogens (tertiary/aromatic N) is 1. The molecule has 1 heterocycles. The van der Waals surface area contributed by atoms with Crippen molar-refractivity contribution in [1.82, 2.24) is 5.32 Å². The summed E-state index contributed by atoms with van der Waals surface area (Å²) >= 11 is 18.8. The van der Waals surface area contributed by atoms with Gasteiger partial charge in [0, 0.05) is 29.2 Å². The molecule has 0 bridgehead atoms. The molecule has 0 radical (unpaired) electrons. The lowest BCUT2D eigenvalue weighted by Gasteiger charge is -2.42. The summed E-state index contributed by atoms with van der Waals surface area (Å²) in [6.45, 7) is 6.83. The van der Waals surface area contributed by atoms with Crippen molar-refractivity contribution in [3.05, 3.63) is 63.1 Å². The summed E-state index contributed by atoms with van der Waals surface area (Å²) in [6, 6.07) is 14.6. The first-order valence-corrected chi connectivity index (χ1v) is 11.4. The summed E-state index contributed by atoms with van der Waals surface area (Å²) in [4.78, 5) is 2.39. The van der Waals surface area contributed by atoms with Gasteiger partial charge >= 0.3 is 0 Å². The van der Waals surface area contributed by atoms with Gasteiger partial charge in [-0.3, -0.25) is 0 Å². The molecule has 0 spiro atoms. The summed E-state index contributed by atoms with van der Waals surface area (Å²) in [5.41, 5.74) is 2.27. The first kappa shape index (κ1) is 22.7. The molecule has 3 nitrogen and oxygen atoms in total. The van der Waals surface area contributed by atoms with Crippen molar-refractivity contribution < 1.29 is 4.74 Å². The minimum atomic E-state index is 0.226. The molecule has 29 heavy (non-hydrogen) atoms. The van der Waals surface area contributed by atoms with E-state index in [9.17, 15) is 0 Å². The average molecular weight is 456 g/mol. The number of halogens is 3. The molecule has 2 unspecified atom stereocenters. The Morgan fingerprint density at radius 1 is 1.07 bits per heavy atom. The molecule has 2 aromatic carbocycles. The van der Waals surface area contributed by atoms with Gasteiger partial charge in [-0.25, -0.2) is 0 Å². The number of benzene rings is 2. The number of hydrogen-bond donors (Lipinski definition) is 1. The van der Waals surface area contributed by atoms with Crippen LogP contribution in [0.1, 0.15) is 44.7 Å². The highest BCUT2D eigenvalue weighted by molar-refractivity contribution is 6.36. The Labute approximate surface area is 189 Å². The third kappa shape index (κ3) is 6.50. The van der Waals surface area contributed by atoms with Crippen molar-refractivity contribution in [3.63, 3.8) is 0 Å². The van der Waals surface area contributed by atoms with Crippen LogP contribution in [-0.2, 0) is 4.74 Å². The van der Waals surface area contributed by atoms with Gasteiger partial charge in [-0.1, -0.05) is 46.9 Å². The average Bonchev–Trinajstić information content (AvgIpc) is 2.68. The number of hydrogen-bond acceptors (Lipinski definition) is 3. The molecule has 158 valence electrons. The molecule has 0 amide bonds. The fourth-order valence-corrected chi connectivity index (χ4v) is 4.49. The third-order valence-corrected chi connectivity index (χ3v) is 6.07. The van der Waals surface area contributed by atoms with Crippen LogP contribution in [-0.4, -0.2) is 31.8 Å². The normalized spacial score (nSPS) is 19.7. The molecule has 0 aromatic heterocycles. The van der Waals surface area contributed by atoms with Gasteiger partial charge in [0.15, 0.2) is 0 Å². The topological polar surface area (TPSA) is 24.5 Å². The van der Waals surface area contributed by atoms with Gasteiger partial charge in [-0.15, -0.1) is 0 Å². The standard InChI is InChI=1S/C23H29Cl3N2O/c1-16(2)29-13-3-11-27-20-10-12-28(22-9-8-19(25)14-21(22)26)23(15-20)17-4-6-18(24)7-5-17/h4-9,14,16,20,23,27H,3,10-13,15H2,1-2H3. The van der Waals surface area contributed by atoms with Crippen LogP contribution in [0.15, 0.2) is 42.5 Å². The lowest BCUT2D eigenvalue weighted by atomic mass is 9.91. The molecule has 2 aromatic rings. The van der Waals surface area contributed by atoms with Crippen molar-refractivity contribution >= 4 is 40.5 Å². The lowest BCUT2D eigenvalue weighted by Crippen LogP contribution is -2.45. The van der Waals surface area contributed by atoms with E-state index < -0.39 is 0 Å². The molecule has 0 aliphatic carbocycles. The second-order valence-corrected chi connectivity index (χ2v) is 9.09. The smallest absolute Gasteiger partial charge is 0.0654 e. The molecule has 1 N–H and O–H groups in total. The zero-order chi connectivity index (χ0) is 20.8. The van der Waals surface area contributed by atoms with Gasteiger partial charge in [0.25, 0.3) is 0 Å². The van der Waals surface area contributed by atoms with Crippen molar-refractivity contribution in [1.29, 1.82) is 0 Å². The highest BCUT2D eigenvalue weighted by Crippen LogP contribution is 2.39. The number of ether oxygens (including phenoxy) is 1. The quantitative estimate of drug-likeness (QED) is 0.445. The largest absolute Gasteiger partial charge is 0.379 e. The van der Waals surface area contributed by atoms with Crippen LogP contribution in [0.5, 0.6) is 0 Å². The molecule has 6 heteroatoms. The van der Waals surface area contributed by atoms with E-state index in [2.05, 4.69) is 36.2 Å². The predicted octanol–water partition coefficient (Wildman–Crippen LogP) is 6.76. The Bertz CT molecular complexity index is 782. The van der Waals surface area contributed by atoms with E-state index in [0.29, 0.717) is 16.1 Å². The second kappa shape index (κ2) is 10.9. The Morgan fingerprint density at radius 2 is 1.79 bits per heavy atom. The van der Waals surface area contributed by atoms with Crippen LogP contribution < -0.4 is 10.2 Å². The Balaban J connectivity index is 1.71. The van der Waals surface area contributed by atoms with Crippen molar-refractivity contribution in [3.8, 4) is 0 Å². The molecule has 1 aliphatic heterocycles. The number of nitrogens with one attached hydrogen (secondary N) is 1. The molecule has 1 fully saturated rings. The van der Waals surface area contributed by atoms with E-state index in [1.165, 1.54) is 5.56 Å². The SMILES string of the molecule is CC(C)OCCCNC1CCN(c2ccc(Cl)cc2Cl)C(c2ccc(Cl)cc2)C1. The van der Waals surface area contributed by atoms with Gasteiger partial charge in [0.2, 0.25) is 0 Å². The van der Waals surface area contributed by atoms with Crippen LogP contribution in [0, 0.1) is 0 Å². The number of rotatable bonds is 8. The van der Waals surface area contributed by atoms with Crippen molar-refractivity contribution in [2.45, 2.75) is 51.3 Å². The Kier molecular flexibility index (Phi) is 8.52. The van der Waals surface area contributed by atoms with E-state index in [1.54, 1.807) is 0 Å².